The summed E-state index contributed by atoms with van der Waals surface area (Å²) >= 11 is 0. The predicted molar refractivity (Wildman–Crippen MR) is 62.2 cm³/mol. The smallest absolute Gasteiger partial charge is 0.126 e. The second-order valence-corrected chi connectivity index (χ2v) is 4.23. The molecule has 0 spiro atoms. The molecule has 1 rings (SSSR count). The van der Waals surface area contributed by atoms with E-state index in [-0.39, 0.29) is 11.9 Å². The van der Waals surface area contributed by atoms with Crippen molar-refractivity contribution in [3.05, 3.63) is 35.6 Å². The lowest BCUT2D eigenvalue weighted by Crippen LogP contribution is -2.29. The van der Waals surface area contributed by atoms with Crippen LogP contribution in [-0.2, 0) is 6.42 Å². The van der Waals surface area contributed by atoms with Crippen LogP contribution in [0.25, 0.3) is 0 Å². The zero-order chi connectivity index (χ0) is 11.3. The lowest BCUT2D eigenvalue weighted by atomic mass is 9.92. The van der Waals surface area contributed by atoms with Crippen molar-refractivity contribution in [2.75, 3.05) is 0 Å². The lowest BCUT2D eigenvalue weighted by Gasteiger charge is -2.19. The highest BCUT2D eigenvalue weighted by Gasteiger charge is 2.13. The minimum absolute atomic E-state index is 0.118. The molecule has 0 aromatic heterocycles. The fraction of sp³-hybridized carbons (Fsp3) is 0.538. The molecule has 2 N–H and O–H groups in total. The first-order valence-corrected chi connectivity index (χ1v) is 5.64. The van der Waals surface area contributed by atoms with E-state index < -0.39 is 0 Å². The monoisotopic (exact) mass is 209 g/mol. The maximum atomic E-state index is 13.4. The molecule has 84 valence electrons. The van der Waals surface area contributed by atoms with E-state index in [9.17, 15) is 4.39 Å². The molecule has 0 aliphatic rings. The molecule has 1 nitrogen and oxygen atoms in total. The molecule has 0 heterocycles. The van der Waals surface area contributed by atoms with Gasteiger partial charge in [0.1, 0.15) is 5.82 Å². The highest BCUT2D eigenvalue weighted by Crippen LogP contribution is 2.16. The van der Waals surface area contributed by atoms with Crippen LogP contribution in [0.1, 0.15) is 32.3 Å². The van der Waals surface area contributed by atoms with E-state index in [2.05, 4.69) is 13.8 Å². The van der Waals surface area contributed by atoms with Gasteiger partial charge in [0.25, 0.3) is 0 Å². The van der Waals surface area contributed by atoms with E-state index in [0.717, 1.165) is 24.8 Å². The summed E-state index contributed by atoms with van der Waals surface area (Å²) in [5.74, 6) is 0.217. The summed E-state index contributed by atoms with van der Waals surface area (Å²) in [7, 11) is 0. The Hall–Kier alpha value is -0.890. The molecule has 0 aliphatic carbocycles. The van der Waals surface area contributed by atoms with E-state index >= 15 is 0 Å². The van der Waals surface area contributed by atoms with Crippen molar-refractivity contribution in [3.8, 4) is 0 Å². The molecule has 0 bridgehead atoms. The fourth-order valence-electron chi connectivity index (χ4n) is 1.78. The SMILES string of the molecule is CCCC(N)C(C)Cc1ccccc1F. The van der Waals surface area contributed by atoms with Gasteiger partial charge in [-0.1, -0.05) is 38.5 Å². The van der Waals surface area contributed by atoms with Gasteiger partial charge in [-0.05, 0) is 30.4 Å². The summed E-state index contributed by atoms with van der Waals surface area (Å²) < 4.78 is 13.4. The van der Waals surface area contributed by atoms with Gasteiger partial charge in [-0.3, -0.25) is 0 Å². The van der Waals surface area contributed by atoms with Crippen molar-refractivity contribution in [2.45, 2.75) is 39.2 Å². The van der Waals surface area contributed by atoms with E-state index in [1.165, 1.54) is 6.07 Å². The summed E-state index contributed by atoms with van der Waals surface area (Å²) in [4.78, 5) is 0. The molecule has 0 fully saturated rings. The second-order valence-electron chi connectivity index (χ2n) is 4.23. The minimum Gasteiger partial charge on any atom is -0.327 e. The minimum atomic E-state index is -0.118. The predicted octanol–water partition coefficient (Wildman–Crippen LogP) is 3.13. The first-order valence-electron chi connectivity index (χ1n) is 5.64. The Morgan fingerprint density at radius 1 is 1.33 bits per heavy atom. The topological polar surface area (TPSA) is 26.0 Å². The van der Waals surface area contributed by atoms with Crippen LogP contribution >= 0.6 is 0 Å². The molecule has 2 heteroatoms. The standard InChI is InChI=1S/C13H20FN/c1-3-6-13(15)10(2)9-11-7-4-5-8-12(11)14/h4-5,7-8,10,13H,3,6,9,15H2,1-2H3. The summed E-state index contributed by atoms with van der Waals surface area (Å²) in [6.07, 6.45) is 2.83. The first-order chi connectivity index (χ1) is 7.15. The quantitative estimate of drug-likeness (QED) is 0.792. The van der Waals surface area contributed by atoms with Gasteiger partial charge >= 0.3 is 0 Å². The van der Waals surface area contributed by atoms with E-state index in [1.54, 1.807) is 6.07 Å². The maximum Gasteiger partial charge on any atom is 0.126 e. The third-order valence-electron chi connectivity index (χ3n) is 2.85. The van der Waals surface area contributed by atoms with Gasteiger partial charge < -0.3 is 5.73 Å². The lowest BCUT2D eigenvalue weighted by molar-refractivity contribution is 0.419. The van der Waals surface area contributed by atoms with Crippen molar-refractivity contribution in [3.63, 3.8) is 0 Å². The van der Waals surface area contributed by atoms with Gasteiger partial charge in [0, 0.05) is 6.04 Å². The second kappa shape index (κ2) is 5.86. The van der Waals surface area contributed by atoms with Crippen LogP contribution in [0.2, 0.25) is 0 Å². The third-order valence-corrected chi connectivity index (χ3v) is 2.85. The summed E-state index contributed by atoms with van der Waals surface area (Å²) in [5.41, 5.74) is 6.78. The molecule has 0 radical (unpaired) electrons. The van der Waals surface area contributed by atoms with Crippen LogP contribution in [0.4, 0.5) is 4.39 Å². The largest absolute Gasteiger partial charge is 0.327 e. The number of hydrogen-bond donors (Lipinski definition) is 1. The van der Waals surface area contributed by atoms with Gasteiger partial charge in [-0.15, -0.1) is 0 Å². The zero-order valence-corrected chi connectivity index (χ0v) is 9.54. The van der Waals surface area contributed by atoms with Gasteiger partial charge in [0.2, 0.25) is 0 Å². The Bertz CT molecular complexity index is 298. The van der Waals surface area contributed by atoms with Crippen molar-refractivity contribution >= 4 is 0 Å². The zero-order valence-electron chi connectivity index (χ0n) is 9.54. The van der Waals surface area contributed by atoms with Crippen LogP contribution in [0.5, 0.6) is 0 Å². The fourth-order valence-corrected chi connectivity index (χ4v) is 1.78. The third kappa shape index (κ3) is 3.63. The number of benzene rings is 1. The molecule has 15 heavy (non-hydrogen) atoms. The number of hydrogen-bond acceptors (Lipinski definition) is 1. The Balaban J connectivity index is 2.58. The van der Waals surface area contributed by atoms with E-state index in [1.807, 2.05) is 12.1 Å². The van der Waals surface area contributed by atoms with Gasteiger partial charge in [0.05, 0.1) is 0 Å². The molecular weight excluding hydrogens is 189 g/mol. The summed E-state index contributed by atoms with van der Waals surface area (Å²) in [6.45, 7) is 4.21. The van der Waals surface area contributed by atoms with Gasteiger partial charge in [-0.2, -0.15) is 0 Å². The highest BCUT2D eigenvalue weighted by atomic mass is 19.1. The van der Waals surface area contributed by atoms with Crippen molar-refractivity contribution in [1.29, 1.82) is 0 Å². The van der Waals surface area contributed by atoms with Crippen molar-refractivity contribution < 1.29 is 4.39 Å². The Morgan fingerprint density at radius 2 is 2.00 bits per heavy atom. The van der Waals surface area contributed by atoms with Gasteiger partial charge in [0.15, 0.2) is 0 Å². The van der Waals surface area contributed by atoms with Gasteiger partial charge in [-0.25, -0.2) is 4.39 Å². The van der Waals surface area contributed by atoms with Crippen LogP contribution in [0.3, 0.4) is 0 Å². The molecule has 0 amide bonds. The summed E-state index contributed by atoms with van der Waals surface area (Å²) in [5, 5.41) is 0. The molecule has 2 unspecified atom stereocenters. The molecule has 1 aromatic rings. The average molecular weight is 209 g/mol. The Morgan fingerprint density at radius 3 is 2.60 bits per heavy atom. The molecular formula is C13H20FN. The number of rotatable bonds is 5. The van der Waals surface area contributed by atoms with E-state index in [4.69, 9.17) is 5.73 Å². The van der Waals surface area contributed by atoms with E-state index in [0.29, 0.717) is 5.92 Å². The van der Waals surface area contributed by atoms with Crippen molar-refractivity contribution in [1.82, 2.24) is 0 Å². The molecule has 1 aromatic carbocycles. The molecule has 0 aliphatic heterocycles. The molecule has 0 saturated carbocycles. The van der Waals surface area contributed by atoms with Crippen LogP contribution in [0.15, 0.2) is 24.3 Å². The van der Waals surface area contributed by atoms with Crippen LogP contribution in [-0.4, -0.2) is 6.04 Å². The molecule has 0 saturated heterocycles. The summed E-state index contributed by atoms with van der Waals surface area (Å²) in [6, 6.07) is 7.11. The molecule has 2 atom stereocenters. The van der Waals surface area contributed by atoms with Crippen molar-refractivity contribution in [2.24, 2.45) is 11.7 Å². The normalized spacial score (nSPS) is 14.9. The number of nitrogens with two attached hydrogens (primary N) is 1. The Kier molecular flexibility index (Phi) is 4.76. The maximum absolute atomic E-state index is 13.4. The first kappa shape index (κ1) is 12.2. The average Bonchev–Trinajstić information content (AvgIpc) is 2.21. The van der Waals surface area contributed by atoms with Crippen LogP contribution in [0, 0.1) is 11.7 Å². The Labute approximate surface area is 91.5 Å². The van der Waals surface area contributed by atoms with Crippen LogP contribution < -0.4 is 5.73 Å². The number of halogens is 1. The highest BCUT2D eigenvalue weighted by molar-refractivity contribution is 5.17.